The van der Waals surface area contributed by atoms with Crippen molar-refractivity contribution in [3.63, 3.8) is 0 Å². The van der Waals surface area contributed by atoms with E-state index in [-0.39, 0.29) is 29.4 Å². The number of carboxylic acids is 1. The summed E-state index contributed by atoms with van der Waals surface area (Å²) in [5.74, 6) is -3.40. The number of carboxylic acid groups (broad SMARTS) is 1. The molecule has 10 heteroatoms. The van der Waals surface area contributed by atoms with Crippen molar-refractivity contribution >= 4 is 22.8 Å². The monoisotopic (exact) mass is 418 g/mol. The smallest absolute Gasteiger partial charge is 0.341 e. The predicted octanol–water partition coefficient (Wildman–Crippen LogP) is 2.41. The third-order valence-electron chi connectivity index (χ3n) is 5.04. The number of nitrogens with zero attached hydrogens (tertiary/aromatic N) is 2. The van der Waals surface area contributed by atoms with Crippen molar-refractivity contribution in [2.24, 2.45) is 0 Å². The molecule has 0 radical (unpaired) electrons. The summed E-state index contributed by atoms with van der Waals surface area (Å²) in [6, 6.07) is 4.23. The van der Waals surface area contributed by atoms with Gasteiger partial charge in [-0.15, -0.1) is 0 Å². The van der Waals surface area contributed by atoms with Crippen LogP contribution in [0.5, 0.6) is 0 Å². The molecule has 30 heavy (non-hydrogen) atoms. The van der Waals surface area contributed by atoms with Gasteiger partial charge in [-0.05, 0) is 30.2 Å². The number of fused-ring (bicyclic) bond motifs is 1. The van der Waals surface area contributed by atoms with Crippen molar-refractivity contribution in [2.75, 3.05) is 18.0 Å². The molecule has 0 amide bonds. The Morgan fingerprint density at radius 3 is 2.67 bits per heavy atom. The van der Waals surface area contributed by atoms with E-state index < -0.39 is 34.4 Å². The van der Waals surface area contributed by atoms with Crippen LogP contribution >= 0.6 is 0 Å². The van der Waals surface area contributed by atoms with Gasteiger partial charge in [0.05, 0.1) is 5.39 Å². The van der Waals surface area contributed by atoms with E-state index in [9.17, 15) is 22.8 Å². The van der Waals surface area contributed by atoms with Crippen LogP contribution in [-0.2, 0) is 6.54 Å². The average Bonchev–Trinajstić information content (AvgIpc) is 3.14. The van der Waals surface area contributed by atoms with E-state index in [1.54, 1.807) is 4.90 Å². The van der Waals surface area contributed by atoms with E-state index in [0.717, 1.165) is 18.3 Å². The molecule has 0 saturated carbocycles. The van der Waals surface area contributed by atoms with Crippen LogP contribution in [0.2, 0.25) is 0 Å². The molecule has 1 fully saturated rings. The Morgan fingerprint density at radius 2 is 1.97 bits per heavy atom. The van der Waals surface area contributed by atoms with Crippen molar-refractivity contribution < 1.29 is 23.1 Å². The first-order valence-electron chi connectivity index (χ1n) is 9.20. The van der Waals surface area contributed by atoms with Crippen LogP contribution in [0.25, 0.3) is 11.0 Å². The van der Waals surface area contributed by atoms with Gasteiger partial charge >= 0.3 is 5.97 Å². The summed E-state index contributed by atoms with van der Waals surface area (Å²) in [6.45, 7) is 1.15. The number of anilines is 1. The van der Waals surface area contributed by atoms with Crippen LogP contribution < -0.4 is 15.6 Å². The maximum absolute atomic E-state index is 14.6. The molecule has 1 unspecified atom stereocenters. The number of aromatic nitrogens is 2. The number of carbonyl (C=O) groups is 1. The molecule has 1 aromatic carbocycles. The summed E-state index contributed by atoms with van der Waals surface area (Å²) in [5.41, 5.74) is -0.742. The van der Waals surface area contributed by atoms with Crippen LogP contribution in [0.3, 0.4) is 0 Å². The van der Waals surface area contributed by atoms with Crippen molar-refractivity contribution in [3.05, 3.63) is 69.3 Å². The number of hydrogen-bond acceptors (Lipinski definition) is 5. The highest BCUT2D eigenvalue weighted by atomic mass is 19.1. The number of H-pyrrole nitrogens is 1. The number of nitrogens with one attached hydrogen (secondary N) is 2. The molecule has 0 bridgehead atoms. The van der Waals surface area contributed by atoms with Gasteiger partial charge in [0.2, 0.25) is 5.43 Å². The third-order valence-corrected chi connectivity index (χ3v) is 5.04. The Bertz CT molecular complexity index is 1180. The Morgan fingerprint density at radius 1 is 1.23 bits per heavy atom. The Hall–Kier alpha value is -3.40. The molecule has 156 valence electrons. The minimum atomic E-state index is -1.41. The number of pyridine rings is 2. The number of benzene rings is 1. The Kier molecular flexibility index (Phi) is 5.17. The van der Waals surface area contributed by atoms with Crippen LogP contribution in [0, 0.1) is 17.5 Å². The van der Waals surface area contributed by atoms with Crippen LogP contribution in [0.15, 0.2) is 35.3 Å². The zero-order valence-corrected chi connectivity index (χ0v) is 15.6. The van der Waals surface area contributed by atoms with Gasteiger partial charge in [-0.1, -0.05) is 0 Å². The quantitative estimate of drug-likeness (QED) is 0.589. The zero-order chi connectivity index (χ0) is 21.4. The van der Waals surface area contributed by atoms with Gasteiger partial charge in [0.15, 0.2) is 11.6 Å². The molecular weight excluding hydrogens is 401 g/mol. The molecule has 3 aromatic rings. The largest absolute Gasteiger partial charge is 0.477 e. The molecule has 7 nitrogen and oxygen atoms in total. The summed E-state index contributed by atoms with van der Waals surface area (Å²) in [5, 5.41) is 12.1. The van der Waals surface area contributed by atoms with Gasteiger partial charge in [-0.3, -0.25) is 4.79 Å². The van der Waals surface area contributed by atoms with E-state index in [0.29, 0.717) is 25.1 Å². The lowest BCUT2D eigenvalue weighted by atomic mass is 10.2. The normalized spacial score (nSPS) is 16.4. The fraction of sp³-hybridized carbons (Fsp3) is 0.250. The summed E-state index contributed by atoms with van der Waals surface area (Å²) >= 11 is 0. The van der Waals surface area contributed by atoms with Crippen molar-refractivity contribution in [3.8, 4) is 0 Å². The van der Waals surface area contributed by atoms with E-state index in [1.165, 1.54) is 12.1 Å². The number of hydrogen-bond donors (Lipinski definition) is 3. The topological polar surface area (TPSA) is 98.3 Å². The number of aromatic carboxylic acids is 1. The van der Waals surface area contributed by atoms with Crippen LogP contribution in [-0.4, -0.2) is 40.2 Å². The highest BCUT2D eigenvalue weighted by Crippen LogP contribution is 2.24. The second-order valence-electron chi connectivity index (χ2n) is 7.12. The van der Waals surface area contributed by atoms with Gasteiger partial charge < -0.3 is 20.3 Å². The third kappa shape index (κ3) is 3.86. The van der Waals surface area contributed by atoms with Crippen molar-refractivity contribution in [2.45, 2.75) is 19.0 Å². The van der Waals surface area contributed by atoms with E-state index in [4.69, 9.17) is 5.11 Å². The molecule has 1 atom stereocenters. The summed E-state index contributed by atoms with van der Waals surface area (Å²) < 4.78 is 41.2. The molecule has 1 aliphatic heterocycles. The Labute approximate surface area is 168 Å². The molecule has 1 saturated heterocycles. The van der Waals surface area contributed by atoms with E-state index in [1.807, 2.05) is 0 Å². The summed E-state index contributed by atoms with van der Waals surface area (Å²) in [6.07, 6.45) is 1.69. The molecule has 0 spiro atoms. The van der Waals surface area contributed by atoms with E-state index in [2.05, 4.69) is 15.3 Å². The average molecular weight is 418 g/mol. The molecule has 1 aliphatic rings. The highest BCUT2D eigenvalue weighted by molar-refractivity contribution is 5.91. The van der Waals surface area contributed by atoms with Gasteiger partial charge in [0, 0.05) is 37.9 Å². The standard InChI is InChI=1S/C20H17F3N4O3/c21-11-3-10(4-12(22)5-11)7-24-13-1-2-27(9-13)19-16(23)6-14-17(28)15(20(29)30)8-25-18(14)26-19/h3-6,8,13,24H,1-2,7,9H2,(H,29,30)(H,25,26,28). The lowest BCUT2D eigenvalue weighted by Gasteiger charge is -2.19. The zero-order valence-electron chi connectivity index (χ0n) is 15.6. The first-order chi connectivity index (χ1) is 14.3. The number of aromatic amines is 1. The van der Waals surface area contributed by atoms with E-state index >= 15 is 0 Å². The molecule has 2 aromatic heterocycles. The second-order valence-corrected chi connectivity index (χ2v) is 7.12. The van der Waals surface area contributed by atoms with Crippen molar-refractivity contribution in [1.29, 1.82) is 0 Å². The SMILES string of the molecule is O=C(O)c1c[nH]c2nc(N3CCC(NCc4cc(F)cc(F)c4)C3)c(F)cc2c1=O. The van der Waals surface area contributed by atoms with Crippen molar-refractivity contribution in [1.82, 2.24) is 15.3 Å². The highest BCUT2D eigenvalue weighted by Gasteiger charge is 2.26. The lowest BCUT2D eigenvalue weighted by Crippen LogP contribution is -2.32. The fourth-order valence-corrected chi connectivity index (χ4v) is 3.59. The Balaban J connectivity index is 1.50. The molecule has 3 heterocycles. The number of halogens is 3. The van der Waals surface area contributed by atoms with Crippen LogP contribution in [0.1, 0.15) is 22.3 Å². The number of rotatable bonds is 5. The first kappa shape index (κ1) is 19.9. The van der Waals surface area contributed by atoms with Crippen LogP contribution in [0.4, 0.5) is 19.0 Å². The molecule has 0 aliphatic carbocycles. The minimum Gasteiger partial charge on any atom is -0.477 e. The van der Waals surface area contributed by atoms with Gasteiger partial charge in [0.1, 0.15) is 22.8 Å². The first-order valence-corrected chi connectivity index (χ1v) is 9.20. The summed E-state index contributed by atoms with van der Waals surface area (Å²) in [4.78, 5) is 31.8. The molecule has 4 rings (SSSR count). The van der Waals surface area contributed by atoms with Gasteiger partial charge in [0.25, 0.3) is 0 Å². The second kappa shape index (κ2) is 7.79. The fourth-order valence-electron chi connectivity index (χ4n) is 3.59. The summed E-state index contributed by atoms with van der Waals surface area (Å²) in [7, 11) is 0. The minimum absolute atomic E-state index is 0.0438. The van der Waals surface area contributed by atoms with Gasteiger partial charge in [-0.2, -0.15) is 0 Å². The van der Waals surface area contributed by atoms with Gasteiger partial charge in [-0.25, -0.2) is 22.9 Å². The maximum atomic E-state index is 14.6. The molecular formula is C20H17F3N4O3. The molecule has 3 N–H and O–H groups in total. The predicted molar refractivity (Wildman–Crippen MR) is 103 cm³/mol. The lowest BCUT2D eigenvalue weighted by molar-refractivity contribution is 0.0695. The maximum Gasteiger partial charge on any atom is 0.341 e.